The van der Waals surface area contributed by atoms with Crippen LogP contribution in [0.2, 0.25) is 0 Å². The van der Waals surface area contributed by atoms with Gasteiger partial charge in [0.2, 0.25) is 15.9 Å². The topological polar surface area (TPSA) is 126 Å². The lowest BCUT2D eigenvalue weighted by atomic mass is 9.97. The monoisotopic (exact) mass is 501 g/mol. The lowest BCUT2D eigenvalue weighted by Crippen LogP contribution is -2.52. The third kappa shape index (κ3) is 6.18. The van der Waals surface area contributed by atoms with Crippen molar-refractivity contribution in [2.75, 3.05) is 13.1 Å². The van der Waals surface area contributed by atoms with Crippen molar-refractivity contribution in [3.8, 4) is 0 Å². The Morgan fingerprint density at radius 3 is 2.46 bits per heavy atom. The van der Waals surface area contributed by atoms with Gasteiger partial charge in [-0.05, 0) is 49.4 Å². The Balaban J connectivity index is 1.43. The first kappa shape index (κ1) is 25.1. The van der Waals surface area contributed by atoms with Crippen LogP contribution in [0.25, 0.3) is 0 Å². The first-order valence-corrected chi connectivity index (χ1v) is 13.5. The van der Waals surface area contributed by atoms with Gasteiger partial charge in [0.25, 0.3) is 5.91 Å². The second kappa shape index (κ2) is 11.2. The van der Waals surface area contributed by atoms with Gasteiger partial charge in [-0.2, -0.15) is 4.31 Å². The number of carbonyl (C=O) groups excluding carboxylic acids is 3. The smallest absolute Gasteiger partial charge is 0.287 e. The molecule has 35 heavy (non-hydrogen) atoms. The first-order chi connectivity index (χ1) is 16.8. The summed E-state index contributed by atoms with van der Waals surface area (Å²) < 4.78 is 32.3. The summed E-state index contributed by atoms with van der Waals surface area (Å²) in [6, 6.07) is 9.50. The highest BCUT2D eigenvalue weighted by Gasteiger charge is 2.35. The Morgan fingerprint density at radius 1 is 1.03 bits per heavy atom. The van der Waals surface area contributed by atoms with Gasteiger partial charge in [-0.15, -0.1) is 0 Å². The van der Waals surface area contributed by atoms with Gasteiger partial charge >= 0.3 is 0 Å². The molecule has 9 nitrogen and oxygen atoms in total. The van der Waals surface area contributed by atoms with Crippen LogP contribution in [0.5, 0.6) is 0 Å². The molecule has 1 saturated carbocycles. The molecule has 0 radical (unpaired) electrons. The second-order valence-corrected chi connectivity index (χ2v) is 11.1. The Labute approximate surface area is 205 Å². The minimum Gasteiger partial charge on any atom is -0.459 e. The Morgan fingerprint density at radius 2 is 1.77 bits per heavy atom. The van der Waals surface area contributed by atoms with Crippen LogP contribution in [0, 0.1) is 5.92 Å². The summed E-state index contributed by atoms with van der Waals surface area (Å²) in [7, 11) is -3.81. The molecule has 1 aromatic carbocycles. The molecule has 1 saturated heterocycles. The largest absolute Gasteiger partial charge is 0.459 e. The molecule has 1 unspecified atom stereocenters. The molecule has 1 aliphatic heterocycles. The quantitative estimate of drug-likeness (QED) is 0.572. The molecule has 2 heterocycles. The number of amides is 2. The Bertz CT molecular complexity index is 1130. The van der Waals surface area contributed by atoms with Gasteiger partial charge in [-0.25, -0.2) is 8.42 Å². The molecule has 1 aliphatic carbocycles. The molecule has 2 N–H and O–H groups in total. The summed E-state index contributed by atoms with van der Waals surface area (Å²) >= 11 is 0. The summed E-state index contributed by atoms with van der Waals surface area (Å²) in [5, 5.41) is 5.55. The average molecular weight is 502 g/mol. The molecule has 2 amide bonds. The van der Waals surface area contributed by atoms with E-state index >= 15 is 0 Å². The van der Waals surface area contributed by atoms with Gasteiger partial charge in [0.15, 0.2) is 11.5 Å². The normalized spacial score (nSPS) is 20.8. The highest BCUT2D eigenvalue weighted by molar-refractivity contribution is 7.89. The van der Waals surface area contributed by atoms with Crippen LogP contribution in [-0.4, -0.2) is 55.5 Å². The van der Waals surface area contributed by atoms with E-state index in [-0.39, 0.29) is 29.5 Å². The zero-order valence-corrected chi connectivity index (χ0v) is 20.3. The van der Waals surface area contributed by atoms with Crippen molar-refractivity contribution in [3.05, 3.63) is 54.5 Å². The van der Waals surface area contributed by atoms with Gasteiger partial charge in [0, 0.05) is 6.54 Å². The minimum absolute atomic E-state index is 0.113. The van der Waals surface area contributed by atoms with Crippen LogP contribution in [-0.2, 0) is 19.6 Å². The van der Waals surface area contributed by atoms with E-state index in [2.05, 4.69) is 10.6 Å². The van der Waals surface area contributed by atoms with Gasteiger partial charge in [0.1, 0.15) is 6.04 Å². The van der Waals surface area contributed by atoms with Gasteiger partial charge < -0.3 is 15.1 Å². The predicted molar refractivity (Wildman–Crippen MR) is 128 cm³/mol. The maximum atomic E-state index is 13.2. The number of hydrogen-bond donors (Lipinski definition) is 2. The van der Waals surface area contributed by atoms with Crippen molar-refractivity contribution in [1.82, 2.24) is 14.9 Å². The van der Waals surface area contributed by atoms with E-state index in [1.54, 1.807) is 24.3 Å². The van der Waals surface area contributed by atoms with Crippen LogP contribution in [0.3, 0.4) is 0 Å². The third-order valence-corrected chi connectivity index (χ3v) is 8.59. The number of nitrogens with zero attached hydrogens (tertiary/aromatic N) is 1. The van der Waals surface area contributed by atoms with E-state index in [0.717, 1.165) is 25.7 Å². The molecule has 2 fully saturated rings. The summed E-state index contributed by atoms with van der Waals surface area (Å²) in [4.78, 5) is 38.9. The molecule has 2 aliphatic rings. The highest BCUT2D eigenvalue weighted by atomic mass is 32.2. The van der Waals surface area contributed by atoms with Crippen LogP contribution in [0.4, 0.5) is 0 Å². The molecule has 188 valence electrons. The van der Waals surface area contributed by atoms with Gasteiger partial charge in [-0.3, -0.25) is 14.4 Å². The predicted octanol–water partition coefficient (Wildman–Crippen LogP) is 2.50. The molecule has 1 aromatic heterocycles. The summed E-state index contributed by atoms with van der Waals surface area (Å²) in [5.74, 6) is -0.858. The summed E-state index contributed by atoms with van der Waals surface area (Å²) in [5.41, 5.74) is 0. The molecule has 4 rings (SSSR count). The van der Waals surface area contributed by atoms with Crippen molar-refractivity contribution in [2.45, 2.75) is 61.9 Å². The maximum absolute atomic E-state index is 13.2. The van der Waals surface area contributed by atoms with E-state index < -0.39 is 33.9 Å². The molecule has 10 heteroatoms. The van der Waals surface area contributed by atoms with Crippen LogP contribution in [0.15, 0.2) is 58.0 Å². The zero-order valence-electron chi connectivity index (χ0n) is 19.5. The fraction of sp³-hybridized carbons (Fsp3) is 0.480. The number of furan rings is 1. The van der Waals surface area contributed by atoms with Crippen molar-refractivity contribution in [1.29, 1.82) is 0 Å². The van der Waals surface area contributed by atoms with E-state index in [4.69, 9.17) is 4.42 Å². The standard InChI is InChI=1S/C25H31N3O6S/c29-22-17-28(35(32,33)19-10-2-1-3-11-19)14-6-12-20(22)26-24(30)21(16-18-8-4-5-9-18)27-25(31)23-13-7-15-34-23/h1-3,7,10-11,13,15,18,20-21H,4-6,8-9,12,14,16-17H2,(H,26,30)(H,27,31)/t20-,21?/m0/s1. The fourth-order valence-electron chi connectivity index (χ4n) is 4.82. The van der Waals surface area contributed by atoms with Crippen molar-refractivity contribution < 1.29 is 27.2 Å². The Kier molecular flexibility index (Phi) is 8.02. The Hall–Kier alpha value is -2.98. The highest BCUT2D eigenvalue weighted by Crippen LogP contribution is 2.29. The van der Waals surface area contributed by atoms with E-state index in [9.17, 15) is 22.8 Å². The van der Waals surface area contributed by atoms with Crippen LogP contribution < -0.4 is 10.6 Å². The third-order valence-electron chi connectivity index (χ3n) is 6.73. The average Bonchev–Trinajstić information content (AvgIpc) is 3.54. The number of rotatable bonds is 8. The van der Waals surface area contributed by atoms with E-state index in [1.807, 2.05) is 0 Å². The molecule has 2 atom stereocenters. The minimum atomic E-state index is -3.81. The lowest BCUT2D eigenvalue weighted by molar-refractivity contribution is -0.129. The molecular formula is C25H31N3O6S. The van der Waals surface area contributed by atoms with Gasteiger partial charge in [-0.1, -0.05) is 43.9 Å². The SMILES string of the molecule is O=C(NC(CC1CCCC1)C(=O)N[C@H]1CCCN(S(=O)(=O)c2ccccc2)CC1=O)c1ccco1. The van der Waals surface area contributed by atoms with E-state index in [0.29, 0.717) is 25.2 Å². The fourth-order valence-corrected chi connectivity index (χ4v) is 6.28. The maximum Gasteiger partial charge on any atom is 0.287 e. The first-order valence-electron chi connectivity index (χ1n) is 12.1. The molecule has 0 bridgehead atoms. The number of carbonyl (C=O) groups is 3. The molecular weight excluding hydrogens is 470 g/mol. The number of benzene rings is 1. The number of sulfonamides is 1. The number of nitrogens with one attached hydrogen (secondary N) is 2. The lowest BCUT2D eigenvalue weighted by Gasteiger charge is -2.24. The number of ketones is 1. The number of Topliss-reactive ketones (excluding diaryl/α,β-unsaturated/α-hetero) is 1. The zero-order chi connectivity index (χ0) is 24.8. The summed E-state index contributed by atoms with van der Waals surface area (Å²) in [6.45, 7) is -0.121. The van der Waals surface area contributed by atoms with Crippen molar-refractivity contribution >= 4 is 27.6 Å². The van der Waals surface area contributed by atoms with Gasteiger partial charge in [0.05, 0.1) is 23.7 Å². The van der Waals surface area contributed by atoms with Crippen LogP contribution in [0.1, 0.15) is 55.5 Å². The number of hydrogen-bond acceptors (Lipinski definition) is 6. The summed E-state index contributed by atoms with van der Waals surface area (Å²) in [6.07, 6.45) is 6.80. The van der Waals surface area contributed by atoms with E-state index in [1.165, 1.54) is 28.8 Å². The molecule has 2 aromatic rings. The second-order valence-electron chi connectivity index (χ2n) is 9.21. The van der Waals surface area contributed by atoms with Crippen molar-refractivity contribution in [3.63, 3.8) is 0 Å². The molecule has 0 spiro atoms. The van der Waals surface area contributed by atoms with Crippen molar-refractivity contribution in [2.24, 2.45) is 5.92 Å². The van der Waals surface area contributed by atoms with Crippen LogP contribution >= 0.6 is 0 Å².